The molecule has 0 aromatic heterocycles. The van der Waals surface area contributed by atoms with Crippen molar-refractivity contribution in [3.63, 3.8) is 0 Å². The monoisotopic (exact) mass is 303 g/mol. The number of morpholine rings is 1. The van der Waals surface area contributed by atoms with Gasteiger partial charge in [-0.3, -0.25) is 0 Å². The zero-order valence-corrected chi connectivity index (χ0v) is 10.4. The van der Waals surface area contributed by atoms with Crippen molar-refractivity contribution in [2.75, 3.05) is 24.7 Å². The highest BCUT2D eigenvalue weighted by molar-refractivity contribution is 14.1. The molecule has 0 spiro atoms. The fraction of sp³-hybridized carbons (Fsp3) is 0.455. The maximum absolute atomic E-state index is 5.41. The molecule has 14 heavy (non-hydrogen) atoms. The molecule has 1 fully saturated rings. The van der Waals surface area contributed by atoms with E-state index >= 15 is 0 Å². The fourth-order valence-corrected chi connectivity index (χ4v) is 2.10. The molecule has 0 radical (unpaired) electrons. The topological polar surface area (TPSA) is 12.5 Å². The zero-order chi connectivity index (χ0) is 9.97. The molecule has 1 heterocycles. The second kappa shape index (κ2) is 4.49. The number of hydrogen-bond donors (Lipinski definition) is 0. The Morgan fingerprint density at radius 2 is 2.07 bits per heavy atom. The van der Waals surface area contributed by atoms with Crippen molar-refractivity contribution in [2.45, 2.75) is 13.0 Å². The van der Waals surface area contributed by atoms with Gasteiger partial charge in [0.1, 0.15) is 0 Å². The first-order valence-corrected chi connectivity index (χ1v) is 5.95. The van der Waals surface area contributed by atoms with Gasteiger partial charge in [0, 0.05) is 21.8 Å². The summed E-state index contributed by atoms with van der Waals surface area (Å²) < 4.78 is 6.70. The van der Waals surface area contributed by atoms with Crippen molar-refractivity contribution in [1.82, 2.24) is 0 Å². The highest BCUT2D eigenvalue weighted by Crippen LogP contribution is 2.20. The molecule has 1 aliphatic rings. The molecule has 0 N–H and O–H groups in total. The number of halogens is 1. The molecule has 1 aromatic rings. The molecule has 2 rings (SSSR count). The largest absolute Gasteiger partial charge is 0.377 e. The predicted molar refractivity (Wildman–Crippen MR) is 66.8 cm³/mol. The molecular formula is C11H14INO. The van der Waals surface area contributed by atoms with Crippen LogP contribution >= 0.6 is 22.6 Å². The lowest BCUT2D eigenvalue weighted by atomic mass is 10.2. The summed E-state index contributed by atoms with van der Waals surface area (Å²) in [5.74, 6) is 0. The normalized spacial score (nSPS) is 22.4. The molecule has 0 unspecified atom stereocenters. The maximum Gasteiger partial charge on any atom is 0.0668 e. The van der Waals surface area contributed by atoms with Gasteiger partial charge in [-0.15, -0.1) is 0 Å². The molecule has 1 saturated heterocycles. The molecule has 76 valence electrons. The molecule has 1 aromatic carbocycles. The van der Waals surface area contributed by atoms with Gasteiger partial charge in [0.2, 0.25) is 0 Å². The number of rotatable bonds is 1. The van der Waals surface area contributed by atoms with E-state index in [1.807, 2.05) is 0 Å². The van der Waals surface area contributed by atoms with Crippen LogP contribution in [-0.4, -0.2) is 25.8 Å². The second-order valence-electron chi connectivity index (χ2n) is 3.59. The molecule has 1 aliphatic heterocycles. The van der Waals surface area contributed by atoms with E-state index in [1.165, 1.54) is 9.26 Å². The lowest BCUT2D eigenvalue weighted by molar-refractivity contribution is 0.0989. The SMILES string of the molecule is C[C@@H]1COCCN1c1ccc(I)cc1. The first kappa shape index (κ1) is 10.2. The third-order valence-electron chi connectivity index (χ3n) is 2.53. The van der Waals surface area contributed by atoms with Crippen molar-refractivity contribution in [1.29, 1.82) is 0 Å². The van der Waals surface area contributed by atoms with Crippen molar-refractivity contribution in [3.8, 4) is 0 Å². The van der Waals surface area contributed by atoms with E-state index in [0.717, 1.165) is 19.8 Å². The number of benzene rings is 1. The Kier molecular flexibility index (Phi) is 3.28. The van der Waals surface area contributed by atoms with E-state index in [4.69, 9.17) is 4.74 Å². The zero-order valence-electron chi connectivity index (χ0n) is 8.24. The number of hydrogen-bond acceptors (Lipinski definition) is 2. The summed E-state index contributed by atoms with van der Waals surface area (Å²) in [6, 6.07) is 9.16. The highest BCUT2D eigenvalue weighted by Gasteiger charge is 2.18. The average Bonchev–Trinajstić information content (AvgIpc) is 2.20. The van der Waals surface area contributed by atoms with E-state index in [9.17, 15) is 0 Å². The lowest BCUT2D eigenvalue weighted by Gasteiger charge is -2.35. The first-order valence-electron chi connectivity index (χ1n) is 4.87. The van der Waals surface area contributed by atoms with Crippen LogP contribution in [0.5, 0.6) is 0 Å². The van der Waals surface area contributed by atoms with E-state index < -0.39 is 0 Å². The van der Waals surface area contributed by atoms with Crippen LogP contribution in [0.1, 0.15) is 6.92 Å². The van der Waals surface area contributed by atoms with E-state index in [-0.39, 0.29) is 0 Å². The van der Waals surface area contributed by atoms with Crippen LogP contribution < -0.4 is 4.90 Å². The third kappa shape index (κ3) is 2.20. The minimum atomic E-state index is 0.490. The minimum absolute atomic E-state index is 0.490. The first-order chi connectivity index (χ1) is 6.77. The van der Waals surface area contributed by atoms with Crippen LogP contribution in [0.15, 0.2) is 24.3 Å². The van der Waals surface area contributed by atoms with Crippen LogP contribution in [0, 0.1) is 3.57 Å². The summed E-state index contributed by atoms with van der Waals surface area (Å²) in [4.78, 5) is 2.40. The number of nitrogens with zero attached hydrogens (tertiary/aromatic N) is 1. The van der Waals surface area contributed by atoms with Gasteiger partial charge in [0.15, 0.2) is 0 Å². The second-order valence-corrected chi connectivity index (χ2v) is 4.84. The van der Waals surface area contributed by atoms with Crippen LogP contribution in [-0.2, 0) is 4.74 Å². The van der Waals surface area contributed by atoms with Crippen LogP contribution in [0.3, 0.4) is 0 Å². The third-order valence-corrected chi connectivity index (χ3v) is 3.25. The molecule has 0 aliphatic carbocycles. The van der Waals surface area contributed by atoms with Crippen LogP contribution in [0.4, 0.5) is 5.69 Å². The van der Waals surface area contributed by atoms with E-state index in [0.29, 0.717) is 6.04 Å². The maximum atomic E-state index is 5.41. The standard InChI is InChI=1S/C11H14INO/c1-9-8-14-7-6-13(9)11-4-2-10(12)3-5-11/h2-5,9H,6-8H2,1H3/t9-/m1/s1. The van der Waals surface area contributed by atoms with Gasteiger partial charge < -0.3 is 9.64 Å². The van der Waals surface area contributed by atoms with Crippen LogP contribution in [0.25, 0.3) is 0 Å². The summed E-state index contributed by atoms with van der Waals surface area (Å²) in [5, 5.41) is 0. The summed E-state index contributed by atoms with van der Waals surface area (Å²) >= 11 is 2.33. The average molecular weight is 303 g/mol. The van der Waals surface area contributed by atoms with Crippen molar-refractivity contribution in [3.05, 3.63) is 27.8 Å². The fourth-order valence-electron chi connectivity index (χ4n) is 1.74. The van der Waals surface area contributed by atoms with Crippen molar-refractivity contribution in [2.24, 2.45) is 0 Å². The molecule has 0 saturated carbocycles. The van der Waals surface area contributed by atoms with E-state index in [1.54, 1.807) is 0 Å². The summed E-state index contributed by atoms with van der Waals surface area (Å²) in [6.45, 7) is 4.89. The Balaban J connectivity index is 2.16. The summed E-state index contributed by atoms with van der Waals surface area (Å²) in [5.41, 5.74) is 1.31. The Morgan fingerprint density at radius 3 is 2.71 bits per heavy atom. The minimum Gasteiger partial charge on any atom is -0.377 e. The smallest absolute Gasteiger partial charge is 0.0668 e. The van der Waals surface area contributed by atoms with Crippen molar-refractivity contribution < 1.29 is 4.74 Å². The van der Waals surface area contributed by atoms with Gasteiger partial charge in [-0.05, 0) is 53.8 Å². The van der Waals surface area contributed by atoms with Gasteiger partial charge in [-0.2, -0.15) is 0 Å². The Labute approximate surface area is 98.4 Å². The summed E-state index contributed by atoms with van der Waals surface area (Å²) in [7, 11) is 0. The molecule has 0 bridgehead atoms. The summed E-state index contributed by atoms with van der Waals surface area (Å²) in [6.07, 6.45) is 0. The van der Waals surface area contributed by atoms with Crippen LogP contribution in [0.2, 0.25) is 0 Å². The lowest BCUT2D eigenvalue weighted by Crippen LogP contribution is -2.43. The van der Waals surface area contributed by atoms with Crippen molar-refractivity contribution >= 4 is 28.3 Å². The molecule has 1 atom stereocenters. The molecule has 2 nitrogen and oxygen atoms in total. The Hall–Kier alpha value is -0.290. The predicted octanol–water partition coefficient (Wildman–Crippen LogP) is 2.52. The van der Waals surface area contributed by atoms with Gasteiger partial charge >= 0.3 is 0 Å². The Bertz CT molecular complexity index is 299. The Morgan fingerprint density at radius 1 is 1.36 bits per heavy atom. The van der Waals surface area contributed by atoms with Gasteiger partial charge in [0.25, 0.3) is 0 Å². The molecule has 3 heteroatoms. The van der Waals surface area contributed by atoms with E-state index in [2.05, 4.69) is 58.7 Å². The molecule has 0 amide bonds. The quantitative estimate of drug-likeness (QED) is 0.739. The van der Waals surface area contributed by atoms with Gasteiger partial charge in [-0.25, -0.2) is 0 Å². The van der Waals surface area contributed by atoms with Gasteiger partial charge in [-0.1, -0.05) is 0 Å². The van der Waals surface area contributed by atoms with Gasteiger partial charge in [0.05, 0.1) is 13.2 Å². The molecular weight excluding hydrogens is 289 g/mol. The number of anilines is 1. The number of ether oxygens (including phenoxy) is 1. The highest BCUT2D eigenvalue weighted by atomic mass is 127.